The van der Waals surface area contributed by atoms with Crippen molar-refractivity contribution in [3.8, 4) is 0 Å². The average molecular weight is 302 g/mol. The fraction of sp³-hybridized carbons (Fsp3) is 0.500. The molecule has 4 heteroatoms. The number of hydrogen-bond donors (Lipinski definition) is 0. The van der Waals surface area contributed by atoms with Crippen LogP contribution in [0.15, 0.2) is 24.3 Å². The lowest BCUT2D eigenvalue weighted by atomic mass is 9.81. The molecule has 1 saturated carbocycles. The van der Waals surface area contributed by atoms with E-state index in [1.165, 1.54) is 7.11 Å². The maximum absolute atomic E-state index is 12.0. The summed E-state index contributed by atoms with van der Waals surface area (Å²) in [5.74, 6) is -0.549. The molecule has 1 fully saturated rings. The van der Waals surface area contributed by atoms with Crippen LogP contribution in [0.2, 0.25) is 0 Å². The quantitative estimate of drug-likeness (QED) is 0.599. The van der Waals surface area contributed by atoms with Gasteiger partial charge in [0.2, 0.25) is 0 Å². The van der Waals surface area contributed by atoms with Crippen LogP contribution in [0.4, 0.5) is 0 Å². The van der Waals surface area contributed by atoms with E-state index in [2.05, 4.69) is 4.74 Å². The van der Waals surface area contributed by atoms with Gasteiger partial charge in [-0.15, -0.1) is 0 Å². The Morgan fingerprint density at radius 3 is 2.41 bits per heavy atom. The number of methoxy groups -OCH3 is 1. The molecule has 1 aromatic rings. The van der Waals surface area contributed by atoms with Crippen molar-refractivity contribution in [2.45, 2.75) is 44.9 Å². The summed E-state index contributed by atoms with van der Waals surface area (Å²) in [7, 11) is 1.39. The Hall–Kier alpha value is -1.97. The number of hydrogen-bond acceptors (Lipinski definition) is 4. The molecule has 2 rings (SSSR count). The van der Waals surface area contributed by atoms with Crippen LogP contribution in [0.5, 0.6) is 0 Å². The van der Waals surface area contributed by atoms with E-state index in [0.29, 0.717) is 38.5 Å². The van der Waals surface area contributed by atoms with Crippen molar-refractivity contribution in [3.05, 3.63) is 35.4 Å². The molecule has 0 aromatic heterocycles. The molecular weight excluding hydrogens is 280 g/mol. The largest absolute Gasteiger partial charge is 0.469 e. The van der Waals surface area contributed by atoms with Crippen LogP contribution in [0.1, 0.15) is 43.2 Å². The van der Waals surface area contributed by atoms with E-state index in [4.69, 9.17) is 0 Å². The standard InChI is InChI=1S/C18H22O4/c1-22-18(21)11-4-8-13-6-2-3-7-14(13)12-15-16(19)9-5-10-17(15)20/h2-3,6-7,15H,4-5,8-12H2,1H3. The van der Waals surface area contributed by atoms with Crippen LogP contribution in [0.3, 0.4) is 0 Å². The number of carbonyl (C=O) groups excluding carboxylic acids is 3. The average Bonchev–Trinajstić information content (AvgIpc) is 2.52. The highest BCUT2D eigenvalue weighted by Crippen LogP contribution is 2.23. The van der Waals surface area contributed by atoms with Crippen molar-refractivity contribution in [1.29, 1.82) is 0 Å². The second-order valence-corrected chi connectivity index (χ2v) is 5.74. The lowest BCUT2D eigenvalue weighted by molar-refractivity contribution is -0.140. The van der Waals surface area contributed by atoms with Gasteiger partial charge in [-0.3, -0.25) is 14.4 Å². The van der Waals surface area contributed by atoms with Gasteiger partial charge < -0.3 is 4.74 Å². The maximum Gasteiger partial charge on any atom is 0.305 e. The molecule has 0 aliphatic heterocycles. The number of esters is 1. The third-order valence-corrected chi connectivity index (χ3v) is 4.22. The lowest BCUT2D eigenvalue weighted by Gasteiger charge is -2.20. The number of rotatable bonds is 6. The summed E-state index contributed by atoms with van der Waals surface area (Å²) < 4.78 is 4.64. The van der Waals surface area contributed by atoms with Gasteiger partial charge in [0.25, 0.3) is 0 Å². The van der Waals surface area contributed by atoms with Gasteiger partial charge in [0, 0.05) is 19.3 Å². The molecule has 4 nitrogen and oxygen atoms in total. The van der Waals surface area contributed by atoms with E-state index >= 15 is 0 Å². The molecular formula is C18H22O4. The number of ether oxygens (including phenoxy) is 1. The molecule has 0 unspecified atom stereocenters. The van der Waals surface area contributed by atoms with E-state index in [0.717, 1.165) is 17.5 Å². The van der Waals surface area contributed by atoms with Gasteiger partial charge in [-0.1, -0.05) is 24.3 Å². The summed E-state index contributed by atoms with van der Waals surface area (Å²) in [6.45, 7) is 0. The molecule has 1 aliphatic rings. The van der Waals surface area contributed by atoms with E-state index in [9.17, 15) is 14.4 Å². The molecule has 1 aliphatic carbocycles. The summed E-state index contributed by atoms with van der Waals surface area (Å²) in [6.07, 6.45) is 4.05. The van der Waals surface area contributed by atoms with E-state index in [1.807, 2.05) is 24.3 Å². The second kappa shape index (κ2) is 7.87. The van der Waals surface area contributed by atoms with E-state index in [1.54, 1.807) is 0 Å². The Bertz CT molecular complexity index is 546. The monoisotopic (exact) mass is 302 g/mol. The minimum atomic E-state index is -0.476. The Morgan fingerprint density at radius 2 is 1.77 bits per heavy atom. The molecule has 0 N–H and O–H groups in total. The Labute approximate surface area is 130 Å². The smallest absolute Gasteiger partial charge is 0.305 e. The number of Topliss-reactive ketones (excluding diaryl/α,β-unsaturated/α-hetero) is 2. The van der Waals surface area contributed by atoms with Gasteiger partial charge in [-0.05, 0) is 36.8 Å². The van der Waals surface area contributed by atoms with E-state index in [-0.39, 0.29) is 17.5 Å². The highest BCUT2D eigenvalue weighted by atomic mass is 16.5. The molecule has 0 heterocycles. The fourth-order valence-corrected chi connectivity index (χ4v) is 2.94. The van der Waals surface area contributed by atoms with Crippen molar-refractivity contribution in [2.75, 3.05) is 7.11 Å². The second-order valence-electron chi connectivity index (χ2n) is 5.74. The Morgan fingerprint density at radius 1 is 1.14 bits per heavy atom. The predicted octanol–water partition coefficient (Wildman–Crippen LogP) is 2.66. The van der Waals surface area contributed by atoms with Crippen molar-refractivity contribution in [1.82, 2.24) is 0 Å². The molecule has 0 spiro atoms. The van der Waals surface area contributed by atoms with Crippen molar-refractivity contribution < 1.29 is 19.1 Å². The molecule has 0 saturated heterocycles. The summed E-state index contributed by atoms with van der Waals surface area (Å²) in [6, 6.07) is 7.85. The lowest BCUT2D eigenvalue weighted by Crippen LogP contribution is -2.30. The molecule has 0 amide bonds. The van der Waals surface area contributed by atoms with Gasteiger partial charge in [-0.2, -0.15) is 0 Å². The van der Waals surface area contributed by atoms with Crippen LogP contribution >= 0.6 is 0 Å². The van der Waals surface area contributed by atoms with Gasteiger partial charge >= 0.3 is 5.97 Å². The maximum atomic E-state index is 12.0. The van der Waals surface area contributed by atoms with Crippen LogP contribution in [-0.4, -0.2) is 24.6 Å². The zero-order valence-electron chi connectivity index (χ0n) is 13.0. The molecule has 22 heavy (non-hydrogen) atoms. The molecule has 0 radical (unpaired) electrons. The first-order valence-corrected chi connectivity index (χ1v) is 7.81. The summed E-state index contributed by atoms with van der Waals surface area (Å²) in [5.41, 5.74) is 2.15. The van der Waals surface area contributed by atoms with Crippen LogP contribution < -0.4 is 0 Å². The third kappa shape index (κ3) is 4.26. The predicted molar refractivity (Wildman–Crippen MR) is 82.5 cm³/mol. The highest BCUT2D eigenvalue weighted by molar-refractivity contribution is 6.04. The zero-order valence-corrected chi connectivity index (χ0v) is 13.0. The normalized spacial score (nSPS) is 15.9. The van der Waals surface area contributed by atoms with Crippen molar-refractivity contribution in [2.24, 2.45) is 5.92 Å². The highest BCUT2D eigenvalue weighted by Gasteiger charge is 2.30. The minimum absolute atomic E-state index is 0.0700. The molecule has 118 valence electrons. The first-order valence-electron chi connectivity index (χ1n) is 7.81. The van der Waals surface area contributed by atoms with E-state index < -0.39 is 5.92 Å². The number of aryl methyl sites for hydroxylation is 1. The minimum Gasteiger partial charge on any atom is -0.469 e. The topological polar surface area (TPSA) is 60.4 Å². The van der Waals surface area contributed by atoms with Gasteiger partial charge in [0.15, 0.2) is 0 Å². The molecule has 0 atom stereocenters. The first kappa shape index (κ1) is 16.4. The Kier molecular flexibility index (Phi) is 5.87. The van der Waals surface area contributed by atoms with Crippen molar-refractivity contribution in [3.63, 3.8) is 0 Å². The third-order valence-electron chi connectivity index (χ3n) is 4.22. The van der Waals surface area contributed by atoms with Crippen molar-refractivity contribution >= 4 is 17.5 Å². The SMILES string of the molecule is COC(=O)CCCc1ccccc1CC1C(=O)CCCC1=O. The van der Waals surface area contributed by atoms with Crippen LogP contribution in [-0.2, 0) is 32.0 Å². The number of benzene rings is 1. The van der Waals surface area contributed by atoms with Gasteiger partial charge in [-0.25, -0.2) is 0 Å². The zero-order chi connectivity index (χ0) is 15.9. The first-order chi connectivity index (χ1) is 10.6. The molecule has 0 bridgehead atoms. The van der Waals surface area contributed by atoms with Gasteiger partial charge in [0.1, 0.15) is 11.6 Å². The van der Waals surface area contributed by atoms with Gasteiger partial charge in [0.05, 0.1) is 13.0 Å². The Balaban J connectivity index is 2.03. The number of carbonyl (C=O) groups is 3. The summed E-state index contributed by atoms with van der Waals surface area (Å²) in [4.78, 5) is 35.1. The summed E-state index contributed by atoms with van der Waals surface area (Å²) in [5, 5.41) is 0. The summed E-state index contributed by atoms with van der Waals surface area (Å²) >= 11 is 0. The fourth-order valence-electron chi connectivity index (χ4n) is 2.94. The van der Waals surface area contributed by atoms with Crippen LogP contribution in [0.25, 0.3) is 0 Å². The van der Waals surface area contributed by atoms with Crippen LogP contribution in [0, 0.1) is 5.92 Å². The molecule has 1 aromatic carbocycles. The number of ketones is 2.